The highest BCUT2D eigenvalue weighted by Gasteiger charge is 2.08. The Labute approximate surface area is 151 Å². The lowest BCUT2D eigenvalue weighted by Gasteiger charge is -2.01. The average molecular weight is 351 g/mol. The average Bonchev–Trinajstić information content (AvgIpc) is 3.15. The maximum Gasteiger partial charge on any atom is 0.177 e. The molecule has 0 spiro atoms. The first-order valence-electron chi connectivity index (χ1n) is 8.80. The molecule has 0 atom stereocenters. The third kappa shape index (κ3) is 6.80. The van der Waals surface area contributed by atoms with Crippen molar-refractivity contribution in [3.05, 3.63) is 35.4 Å². The van der Waals surface area contributed by atoms with Crippen molar-refractivity contribution in [2.24, 2.45) is 25.8 Å². The van der Waals surface area contributed by atoms with Gasteiger partial charge in [0.25, 0.3) is 0 Å². The highest BCUT2D eigenvalue weighted by Crippen LogP contribution is 2.06. The van der Waals surface area contributed by atoms with Crippen LogP contribution in [0.5, 0.6) is 0 Å². The number of hydrazine groups is 1. The van der Waals surface area contributed by atoms with Crippen LogP contribution in [0.25, 0.3) is 0 Å². The van der Waals surface area contributed by atoms with Gasteiger partial charge in [-0.2, -0.15) is 0 Å². The zero-order chi connectivity index (χ0) is 19.4. The molecule has 0 saturated carbocycles. The highest BCUT2D eigenvalue weighted by atomic mass is 16.1. The monoisotopic (exact) mass is 350 g/mol. The molecule has 2 aromatic rings. The van der Waals surface area contributed by atoms with Crippen molar-refractivity contribution in [2.45, 2.75) is 59.8 Å². The molecule has 0 radical (unpaired) electrons. The van der Waals surface area contributed by atoms with E-state index < -0.39 is 0 Å². The minimum atomic E-state index is 0.0763. The summed E-state index contributed by atoms with van der Waals surface area (Å²) in [5.41, 5.74) is 2.02. The molecule has 0 unspecified atom stereocenters. The molecule has 0 bridgehead atoms. The third-order valence-corrected chi connectivity index (χ3v) is 3.94. The molecule has 7 nitrogen and oxygen atoms in total. The number of carbonyl (C=O) groups excluding carboxylic acids is 1. The molecular weight excluding hydrogens is 316 g/mol. The fraction of sp³-hybridized carbons (Fsp3) is 0.611. The lowest BCUT2D eigenvalue weighted by atomic mass is 10.3. The fourth-order valence-electron chi connectivity index (χ4n) is 2.50. The van der Waals surface area contributed by atoms with Gasteiger partial charge in [0.15, 0.2) is 5.78 Å². The van der Waals surface area contributed by atoms with E-state index in [1.165, 1.54) is 17.9 Å². The molecule has 0 aliphatic carbocycles. The molecule has 142 valence electrons. The second kappa shape index (κ2) is 12.4. The molecule has 0 amide bonds. The summed E-state index contributed by atoms with van der Waals surface area (Å²) >= 11 is 0. The van der Waals surface area contributed by atoms with Crippen molar-refractivity contribution in [1.29, 1.82) is 0 Å². The Kier molecular flexibility index (Phi) is 11.4. The van der Waals surface area contributed by atoms with Crippen molar-refractivity contribution < 1.29 is 4.79 Å². The number of ketones is 1. The summed E-state index contributed by atoms with van der Waals surface area (Å²) < 4.78 is 4.06. The Bertz CT molecular complexity index is 630. The molecular formula is C18H34N6O. The predicted molar refractivity (Wildman–Crippen MR) is 102 cm³/mol. The van der Waals surface area contributed by atoms with Crippen LogP contribution in [0.4, 0.5) is 0 Å². The van der Waals surface area contributed by atoms with Crippen LogP contribution in [0.2, 0.25) is 0 Å². The predicted octanol–water partition coefficient (Wildman–Crippen LogP) is 2.33. The smallest absolute Gasteiger partial charge is 0.177 e. The van der Waals surface area contributed by atoms with Gasteiger partial charge in [-0.3, -0.25) is 16.5 Å². The SMILES string of the molecule is CCCc1ncc(C(C)=O)n1C.CCCc1ncc(CC)n1C.NN. The van der Waals surface area contributed by atoms with Crippen molar-refractivity contribution in [2.75, 3.05) is 0 Å². The third-order valence-electron chi connectivity index (χ3n) is 3.94. The maximum atomic E-state index is 11.0. The molecule has 4 N–H and O–H groups in total. The van der Waals surface area contributed by atoms with E-state index in [0.29, 0.717) is 5.69 Å². The van der Waals surface area contributed by atoms with E-state index in [0.717, 1.165) is 31.5 Å². The zero-order valence-corrected chi connectivity index (χ0v) is 16.5. The van der Waals surface area contributed by atoms with Crippen LogP contribution in [-0.2, 0) is 33.4 Å². The second-order valence-corrected chi connectivity index (χ2v) is 5.75. The summed E-state index contributed by atoms with van der Waals surface area (Å²) in [5, 5.41) is 0. The Hall–Kier alpha value is -1.99. The quantitative estimate of drug-likeness (QED) is 0.472. The molecule has 25 heavy (non-hydrogen) atoms. The van der Waals surface area contributed by atoms with Gasteiger partial charge >= 0.3 is 0 Å². The number of nitrogens with two attached hydrogens (primary N) is 2. The molecule has 0 aliphatic rings. The van der Waals surface area contributed by atoms with E-state index >= 15 is 0 Å². The summed E-state index contributed by atoms with van der Waals surface area (Å²) in [5.74, 6) is 10.3. The van der Waals surface area contributed by atoms with Crippen LogP contribution < -0.4 is 11.7 Å². The van der Waals surface area contributed by atoms with Crippen LogP contribution >= 0.6 is 0 Å². The van der Waals surface area contributed by atoms with Gasteiger partial charge in [0.1, 0.15) is 17.3 Å². The highest BCUT2D eigenvalue weighted by molar-refractivity contribution is 5.92. The van der Waals surface area contributed by atoms with Crippen LogP contribution in [0.15, 0.2) is 12.4 Å². The van der Waals surface area contributed by atoms with Gasteiger partial charge in [0.05, 0.1) is 6.20 Å². The number of rotatable bonds is 6. The second-order valence-electron chi connectivity index (χ2n) is 5.75. The first-order chi connectivity index (χ1) is 12.0. The van der Waals surface area contributed by atoms with Gasteiger partial charge < -0.3 is 9.13 Å². The lowest BCUT2D eigenvalue weighted by Crippen LogP contribution is -2.04. The molecule has 7 heteroatoms. The minimum absolute atomic E-state index is 0.0763. The van der Waals surface area contributed by atoms with Crippen LogP contribution in [0.1, 0.15) is 68.4 Å². The number of Topliss-reactive ketones (excluding diaryl/α,β-unsaturated/α-hetero) is 1. The van der Waals surface area contributed by atoms with Crippen molar-refractivity contribution in [3.8, 4) is 0 Å². The van der Waals surface area contributed by atoms with Gasteiger partial charge in [-0.1, -0.05) is 20.8 Å². The number of carbonyl (C=O) groups is 1. The zero-order valence-electron chi connectivity index (χ0n) is 16.5. The molecule has 2 aromatic heterocycles. The number of aromatic nitrogens is 4. The summed E-state index contributed by atoms with van der Waals surface area (Å²) in [6.45, 7) is 8.00. The van der Waals surface area contributed by atoms with Crippen LogP contribution in [-0.4, -0.2) is 24.9 Å². The Balaban J connectivity index is 0.000000421. The molecule has 2 rings (SSSR count). The molecule has 0 aromatic carbocycles. The Morgan fingerprint density at radius 1 is 0.960 bits per heavy atom. The van der Waals surface area contributed by atoms with E-state index in [1.807, 2.05) is 17.8 Å². The summed E-state index contributed by atoms with van der Waals surface area (Å²) in [6.07, 6.45) is 8.96. The van der Waals surface area contributed by atoms with Crippen LogP contribution in [0, 0.1) is 0 Å². The van der Waals surface area contributed by atoms with Gasteiger partial charge in [-0.05, 0) is 19.3 Å². The minimum Gasteiger partial charge on any atom is -0.335 e. The van der Waals surface area contributed by atoms with Gasteiger partial charge in [-0.15, -0.1) is 0 Å². The number of hydrogen-bond donors (Lipinski definition) is 2. The van der Waals surface area contributed by atoms with Crippen molar-refractivity contribution in [1.82, 2.24) is 19.1 Å². The van der Waals surface area contributed by atoms with Gasteiger partial charge in [-0.25, -0.2) is 9.97 Å². The van der Waals surface area contributed by atoms with E-state index in [4.69, 9.17) is 0 Å². The largest absolute Gasteiger partial charge is 0.335 e. The number of nitrogens with zero attached hydrogens (tertiary/aromatic N) is 4. The number of imidazole rings is 2. The first kappa shape index (κ1) is 23.0. The summed E-state index contributed by atoms with van der Waals surface area (Å²) in [6, 6.07) is 0. The van der Waals surface area contributed by atoms with Gasteiger partial charge in [0.2, 0.25) is 0 Å². The molecule has 0 saturated heterocycles. The van der Waals surface area contributed by atoms with Gasteiger partial charge in [0, 0.05) is 45.8 Å². The maximum absolute atomic E-state index is 11.0. The van der Waals surface area contributed by atoms with E-state index in [9.17, 15) is 4.79 Å². The normalized spacial score (nSPS) is 9.76. The number of hydrogen-bond acceptors (Lipinski definition) is 5. The Morgan fingerprint density at radius 3 is 1.80 bits per heavy atom. The van der Waals surface area contributed by atoms with Crippen molar-refractivity contribution in [3.63, 3.8) is 0 Å². The molecule has 0 fully saturated rings. The van der Waals surface area contributed by atoms with Crippen molar-refractivity contribution >= 4 is 5.78 Å². The lowest BCUT2D eigenvalue weighted by molar-refractivity contribution is 0.101. The number of aryl methyl sites for hydroxylation is 3. The molecule has 0 aliphatic heterocycles. The summed E-state index contributed by atoms with van der Waals surface area (Å²) in [4.78, 5) is 19.5. The fourth-order valence-corrected chi connectivity index (χ4v) is 2.50. The first-order valence-corrected chi connectivity index (χ1v) is 8.80. The van der Waals surface area contributed by atoms with E-state index in [1.54, 1.807) is 13.1 Å². The van der Waals surface area contributed by atoms with E-state index in [2.05, 4.69) is 54.0 Å². The van der Waals surface area contributed by atoms with E-state index in [-0.39, 0.29) is 5.78 Å². The standard InChI is InChI=1S/C9H14N2O.C9H16N2.H4N2/c1-4-5-9-10-6-8(7(2)12)11(9)3;1-4-6-9-10-7-8(5-2)11(9)3;1-2/h6H,4-5H2,1-3H3;7H,4-6H2,1-3H3;1-2H2. The van der Waals surface area contributed by atoms with Crippen LogP contribution in [0.3, 0.4) is 0 Å². The topological polar surface area (TPSA) is 105 Å². The summed E-state index contributed by atoms with van der Waals surface area (Å²) in [7, 11) is 3.98. The molecule has 2 heterocycles. The Morgan fingerprint density at radius 2 is 1.44 bits per heavy atom.